The van der Waals surface area contributed by atoms with Crippen LogP contribution in [0.5, 0.6) is 0 Å². The molecule has 0 saturated heterocycles. The fourth-order valence-corrected chi connectivity index (χ4v) is 2.24. The largest absolute Gasteiger partial charge is 0.318 e. The fourth-order valence-electron chi connectivity index (χ4n) is 2.24. The molecule has 1 N–H and O–H groups in total. The average molecular weight is 287 g/mol. The van der Waals surface area contributed by atoms with Crippen LogP contribution >= 0.6 is 0 Å². The number of alkyl halides is 1. The molecule has 21 heavy (non-hydrogen) atoms. The first-order valence-corrected chi connectivity index (χ1v) is 6.59. The van der Waals surface area contributed by atoms with Gasteiger partial charge in [0.1, 0.15) is 12.0 Å². The van der Waals surface area contributed by atoms with Crippen molar-refractivity contribution in [1.29, 1.82) is 0 Å². The fraction of sp³-hybridized carbons (Fsp3) is 0.267. The van der Waals surface area contributed by atoms with Gasteiger partial charge in [-0.05, 0) is 24.1 Å². The third kappa shape index (κ3) is 2.33. The molecule has 0 aromatic carbocycles. The first-order valence-electron chi connectivity index (χ1n) is 6.59. The van der Waals surface area contributed by atoms with E-state index >= 15 is 0 Å². The standard InChI is InChI=1S/C15H14FN3O2/c1-3-8-6-12(18-14(20)9-7-10(9)16)17-11-4-5-19(2)15(21)13(8)11/h3-6,9-10H,1,7H2,2H3,(H,17,18,20)/t9-,10+/m1/s1. The maximum Gasteiger partial charge on any atom is 0.260 e. The lowest BCUT2D eigenvalue weighted by Crippen LogP contribution is -2.19. The molecule has 0 spiro atoms. The number of pyridine rings is 2. The molecular weight excluding hydrogens is 273 g/mol. The third-order valence-electron chi connectivity index (χ3n) is 3.59. The number of nitrogens with zero attached hydrogens (tertiary/aromatic N) is 2. The molecular formula is C15H14FN3O2. The zero-order valence-electron chi connectivity index (χ0n) is 11.5. The Balaban J connectivity index is 2.06. The van der Waals surface area contributed by atoms with Gasteiger partial charge in [0, 0.05) is 13.2 Å². The lowest BCUT2D eigenvalue weighted by molar-refractivity contribution is -0.117. The molecule has 108 valence electrons. The number of amides is 1. The number of aromatic nitrogens is 2. The average Bonchev–Trinajstić information content (AvgIpc) is 3.19. The Morgan fingerprint density at radius 2 is 2.33 bits per heavy atom. The first kappa shape index (κ1) is 13.5. The Morgan fingerprint density at radius 1 is 1.62 bits per heavy atom. The van der Waals surface area contributed by atoms with E-state index in [1.807, 2.05) is 0 Å². The highest BCUT2D eigenvalue weighted by Crippen LogP contribution is 2.34. The van der Waals surface area contributed by atoms with Crippen molar-refractivity contribution >= 4 is 28.7 Å². The Labute approximate surface area is 120 Å². The minimum absolute atomic E-state index is 0.182. The highest BCUT2D eigenvalue weighted by molar-refractivity contribution is 5.96. The van der Waals surface area contributed by atoms with Crippen molar-refractivity contribution < 1.29 is 9.18 Å². The molecule has 1 fully saturated rings. The summed E-state index contributed by atoms with van der Waals surface area (Å²) < 4.78 is 14.3. The van der Waals surface area contributed by atoms with Gasteiger partial charge in [-0.25, -0.2) is 9.37 Å². The number of hydrogen-bond donors (Lipinski definition) is 1. The lowest BCUT2D eigenvalue weighted by Gasteiger charge is -2.08. The monoisotopic (exact) mass is 287 g/mol. The third-order valence-corrected chi connectivity index (χ3v) is 3.59. The number of anilines is 1. The van der Waals surface area contributed by atoms with Gasteiger partial charge in [-0.15, -0.1) is 0 Å². The second-order valence-corrected chi connectivity index (χ2v) is 5.14. The zero-order valence-corrected chi connectivity index (χ0v) is 11.5. The maximum absolute atomic E-state index is 12.9. The molecule has 0 unspecified atom stereocenters. The van der Waals surface area contributed by atoms with Crippen LogP contribution in [-0.4, -0.2) is 21.6 Å². The van der Waals surface area contributed by atoms with Crippen LogP contribution in [0.4, 0.5) is 10.2 Å². The first-order chi connectivity index (χ1) is 10.0. The number of hydrogen-bond acceptors (Lipinski definition) is 3. The molecule has 0 aliphatic heterocycles. The molecule has 2 aromatic heterocycles. The van der Waals surface area contributed by atoms with Gasteiger partial charge in [0.2, 0.25) is 5.91 Å². The SMILES string of the molecule is C=Cc1cc(NC(=O)[C@@H]2C[C@@H]2F)nc2ccn(C)c(=O)c12. The van der Waals surface area contributed by atoms with Gasteiger partial charge in [-0.2, -0.15) is 0 Å². The summed E-state index contributed by atoms with van der Waals surface area (Å²) in [7, 11) is 1.65. The number of aryl methyl sites for hydroxylation is 1. The summed E-state index contributed by atoms with van der Waals surface area (Å²) in [4.78, 5) is 28.1. The van der Waals surface area contributed by atoms with Gasteiger partial charge in [-0.3, -0.25) is 9.59 Å². The molecule has 6 heteroatoms. The highest BCUT2D eigenvalue weighted by atomic mass is 19.1. The summed E-state index contributed by atoms with van der Waals surface area (Å²) in [6, 6.07) is 3.26. The van der Waals surface area contributed by atoms with E-state index in [0.717, 1.165) is 0 Å². The predicted octanol–water partition coefficient (Wildman–Crippen LogP) is 1.87. The summed E-state index contributed by atoms with van der Waals surface area (Å²) in [5.41, 5.74) is 0.876. The van der Waals surface area contributed by atoms with E-state index in [1.54, 1.807) is 25.4 Å². The smallest absolute Gasteiger partial charge is 0.260 e. The van der Waals surface area contributed by atoms with Crippen molar-refractivity contribution in [2.75, 3.05) is 5.32 Å². The minimum atomic E-state index is -1.06. The topological polar surface area (TPSA) is 64.0 Å². The Morgan fingerprint density at radius 3 is 2.95 bits per heavy atom. The van der Waals surface area contributed by atoms with Crippen molar-refractivity contribution in [3.8, 4) is 0 Å². The van der Waals surface area contributed by atoms with Crippen molar-refractivity contribution in [2.45, 2.75) is 12.6 Å². The summed E-state index contributed by atoms with van der Waals surface area (Å²) in [6.45, 7) is 3.68. The molecule has 3 rings (SSSR count). The van der Waals surface area contributed by atoms with Crippen LogP contribution in [0.1, 0.15) is 12.0 Å². The van der Waals surface area contributed by atoms with Crippen LogP contribution in [0.25, 0.3) is 17.0 Å². The van der Waals surface area contributed by atoms with Crippen molar-refractivity contribution in [3.05, 3.63) is 40.8 Å². The molecule has 2 heterocycles. The van der Waals surface area contributed by atoms with Crippen molar-refractivity contribution in [2.24, 2.45) is 13.0 Å². The van der Waals surface area contributed by atoms with Crippen LogP contribution in [0.2, 0.25) is 0 Å². The number of carbonyl (C=O) groups is 1. The summed E-state index contributed by atoms with van der Waals surface area (Å²) in [6.07, 6.45) is 2.34. The Bertz CT molecular complexity index is 812. The van der Waals surface area contributed by atoms with Gasteiger partial charge >= 0.3 is 0 Å². The van der Waals surface area contributed by atoms with E-state index in [0.29, 0.717) is 22.3 Å². The van der Waals surface area contributed by atoms with Crippen LogP contribution < -0.4 is 10.9 Å². The zero-order chi connectivity index (χ0) is 15.1. The summed E-state index contributed by atoms with van der Waals surface area (Å²) >= 11 is 0. The predicted molar refractivity (Wildman–Crippen MR) is 78.7 cm³/mol. The van der Waals surface area contributed by atoms with E-state index in [4.69, 9.17) is 0 Å². The molecule has 1 aliphatic carbocycles. The van der Waals surface area contributed by atoms with Crippen molar-refractivity contribution in [1.82, 2.24) is 9.55 Å². The van der Waals surface area contributed by atoms with Crippen LogP contribution in [0.3, 0.4) is 0 Å². The van der Waals surface area contributed by atoms with Gasteiger partial charge < -0.3 is 9.88 Å². The summed E-state index contributed by atoms with van der Waals surface area (Å²) in [5, 5.41) is 3.04. The van der Waals surface area contributed by atoms with E-state index in [9.17, 15) is 14.0 Å². The minimum Gasteiger partial charge on any atom is -0.318 e. The van der Waals surface area contributed by atoms with Gasteiger partial charge in [0.05, 0.1) is 16.8 Å². The van der Waals surface area contributed by atoms with Gasteiger partial charge in [0.25, 0.3) is 5.56 Å². The molecule has 5 nitrogen and oxygen atoms in total. The Hall–Kier alpha value is -2.50. The molecule has 1 amide bonds. The molecule has 0 bridgehead atoms. The van der Waals surface area contributed by atoms with E-state index in [-0.39, 0.29) is 17.9 Å². The normalized spacial score (nSPS) is 20.3. The number of rotatable bonds is 3. The number of fused-ring (bicyclic) bond motifs is 1. The lowest BCUT2D eigenvalue weighted by atomic mass is 10.1. The molecule has 0 radical (unpaired) electrons. The number of nitrogens with one attached hydrogen (secondary N) is 1. The van der Waals surface area contributed by atoms with Gasteiger partial charge in [0.15, 0.2) is 0 Å². The molecule has 2 atom stereocenters. The second kappa shape index (κ2) is 4.80. The Kier molecular flexibility index (Phi) is 3.08. The number of halogens is 1. The molecule has 1 aliphatic rings. The van der Waals surface area contributed by atoms with E-state index in [1.165, 1.54) is 10.6 Å². The quantitative estimate of drug-likeness (QED) is 0.937. The van der Waals surface area contributed by atoms with E-state index < -0.39 is 12.1 Å². The maximum atomic E-state index is 12.9. The van der Waals surface area contributed by atoms with Crippen LogP contribution in [-0.2, 0) is 11.8 Å². The van der Waals surface area contributed by atoms with E-state index in [2.05, 4.69) is 16.9 Å². The second-order valence-electron chi connectivity index (χ2n) is 5.14. The summed E-state index contributed by atoms with van der Waals surface area (Å²) in [5.74, 6) is -0.665. The van der Waals surface area contributed by atoms with Gasteiger partial charge in [-0.1, -0.05) is 12.7 Å². The van der Waals surface area contributed by atoms with Crippen LogP contribution in [0.15, 0.2) is 29.7 Å². The van der Waals surface area contributed by atoms with Crippen molar-refractivity contribution in [3.63, 3.8) is 0 Å². The van der Waals surface area contributed by atoms with Crippen LogP contribution in [0, 0.1) is 5.92 Å². The molecule has 1 saturated carbocycles. The molecule has 2 aromatic rings. The number of carbonyl (C=O) groups excluding carboxylic acids is 1. The highest BCUT2D eigenvalue weighted by Gasteiger charge is 2.43.